The number of fused-ring (bicyclic) bond motifs is 1. The van der Waals surface area contributed by atoms with Crippen LogP contribution in [0.2, 0.25) is 0 Å². The molecule has 1 aliphatic heterocycles. The molecular weight excluding hydrogens is 590 g/mol. The summed E-state index contributed by atoms with van der Waals surface area (Å²) in [4.78, 5) is 46.1. The number of thioether (sulfide) groups is 1. The number of methoxy groups -OCH3 is 1. The van der Waals surface area contributed by atoms with Crippen molar-refractivity contribution >= 4 is 29.5 Å². The summed E-state index contributed by atoms with van der Waals surface area (Å²) in [5.74, 6) is -2.23. The van der Waals surface area contributed by atoms with Crippen LogP contribution in [0.1, 0.15) is 55.3 Å². The Morgan fingerprint density at radius 2 is 1.80 bits per heavy atom. The van der Waals surface area contributed by atoms with E-state index in [-0.39, 0.29) is 56.0 Å². The van der Waals surface area contributed by atoms with Crippen molar-refractivity contribution in [2.75, 3.05) is 32.2 Å². The molecule has 0 aliphatic carbocycles. The summed E-state index contributed by atoms with van der Waals surface area (Å²) >= 11 is 1.56. The summed E-state index contributed by atoms with van der Waals surface area (Å²) in [6.07, 6.45) is 2.57. The van der Waals surface area contributed by atoms with Crippen molar-refractivity contribution in [1.29, 1.82) is 0 Å². The minimum absolute atomic E-state index is 0.0146. The maximum atomic E-state index is 15.0. The van der Waals surface area contributed by atoms with Crippen LogP contribution in [0.5, 0.6) is 5.75 Å². The quantitative estimate of drug-likeness (QED) is 0.402. The van der Waals surface area contributed by atoms with Crippen LogP contribution in [0.25, 0.3) is 11.4 Å². The summed E-state index contributed by atoms with van der Waals surface area (Å²) in [6, 6.07) is 9.91. The van der Waals surface area contributed by atoms with Crippen LogP contribution in [-0.4, -0.2) is 75.6 Å². The Morgan fingerprint density at radius 3 is 2.43 bits per heavy atom. The molecule has 2 N–H and O–H groups in total. The lowest BCUT2D eigenvalue weighted by Gasteiger charge is -2.28. The molecule has 1 aromatic heterocycles. The van der Waals surface area contributed by atoms with Crippen LogP contribution in [0, 0.1) is 17.6 Å². The summed E-state index contributed by atoms with van der Waals surface area (Å²) < 4.78 is 36.5. The van der Waals surface area contributed by atoms with E-state index < -0.39 is 35.2 Å². The molecule has 44 heavy (non-hydrogen) atoms. The van der Waals surface area contributed by atoms with Gasteiger partial charge in [0.2, 0.25) is 11.8 Å². The van der Waals surface area contributed by atoms with Gasteiger partial charge in [0.05, 0.1) is 19.7 Å². The lowest BCUT2D eigenvalue weighted by atomic mass is 10.0. The van der Waals surface area contributed by atoms with Gasteiger partial charge in [-0.15, -0.1) is 0 Å². The number of carbonyl (C=O) groups excluding carboxylic acids is 3. The van der Waals surface area contributed by atoms with E-state index in [4.69, 9.17) is 14.8 Å². The molecule has 0 fully saturated rings. The molecule has 0 spiro atoms. The highest BCUT2D eigenvalue weighted by atomic mass is 32.2. The average Bonchev–Trinajstić information content (AvgIpc) is 3.42. The van der Waals surface area contributed by atoms with Gasteiger partial charge in [0.25, 0.3) is 5.91 Å². The first-order valence-corrected chi connectivity index (χ1v) is 15.9. The number of halogens is 2. The van der Waals surface area contributed by atoms with Gasteiger partial charge in [-0.1, -0.05) is 44.2 Å². The SMILES string of the molecule is COc1cc(F)c(C(=O)N2CCCC(=O)N[C@@H](CCSC)C(=O)N[C@H](C(C)C)c3nc(-c4ccccc4)nn3CC2)c(F)c1. The lowest BCUT2D eigenvalue weighted by molar-refractivity contribution is -0.129. The molecule has 0 unspecified atom stereocenters. The van der Waals surface area contributed by atoms with Crippen LogP contribution in [-0.2, 0) is 16.1 Å². The van der Waals surface area contributed by atoms with Crippen LogP contribution < -0.4 is 15.4 Å². The van der Waals surface area contributed by atoms with E-state index in [0.717, 1.165) is 17.7 Å². The van der Waals surface area contributed by atoms with Crippen molar-refractivity contribution in [2.24, 2.45) is 5.92 Å². The van der Waals surface area contributed by atoms with Gasteiger partial charge >= 0.3 is 0 Å². The van der Waals surface area contributed by atoms with Crippen molar-refractivity contribution < 1.29 is 27.9 Å². The van der Waals surface area contributed by atoms with Gasteiger partial charge in [0.1, 0.15) is 29.0 Å². The van der Waals surface area contributed by atoms with E-state index in [1.54, 1.807) is 16.4 Å². The van der Waals surface area contributed by atoms with Crippen molar-refractivity contribution in [1.82, 2.24) is 30.3 Å². The minimum atomic E-state index is -1.05. The predicted octanol–water partition coefficient (Wildman–Crippen LogP) is 4.22. The van der Waals surface area contributed by atoms with Gasteiger partial charge in [0.15, 0.2) is 11.6 Å². The fraction of sp³-hybridized carbons (Fsp3) is 0.452. The zero-order valence-corrected chi connectivity index (χ0v) is 26.1. The molecule has 0 radical (unpaired) electrons. The molecule has 10 nitrogen and oxygen atoms in total. The van der Waals surface area contributed by atoms with E-state index in [9.17, 15) is 23.2 Å². The van der Waals surface area contributed by atoms with E-state index >= 15 is 0 Å². The smallest absolute Gasteiger partial charge is 0.259 e. The molecule has 0 bridgehead atoms. The van der Waals surface area contributed by atoms with Crippen LogP contribution >= 0.6 is 11.8 Å². The Balaban J connectivity index is 1.76. The Bertz CT molecular complexity index is 1450. The van der Waals surface area contributed by atoms with Crippen LogP contribution in [0.3, 0.4) is 0 Å². The number of ether oxygens (including phenoxy) is 1. The third-order valence-electron chi connectivity index (χ3n) is 7.40. The van der Waals surface area contributed by atoms with Gasteiger partial charge in [-0.25, -0.2) is 18.4 Å². The third-order valence-corrected chi connectivity index (χ3v) is 8.05. The number of aromatic nitrogens is 3. The Morgan fingerprint density at radius 1 is 1.09 bits per heavy atom. The number of hydrogen-bond acceptors (Lipinski definition) is 7. The molecule has 2 heterocycles. The molecule has 13 heteroatoms. The minimum Gasteiger partial charge on any atom is -0.497 e. The molecule has 0 saturated heterocycles. The molecule has 1 aliphatic rings. The highest BCUT2D eigenvalue weighted by Gasteiger charge is 2.31. The highest BCUT2D eigenvalue weighted by Crippen LogP contribution is 2.26. The van der Waals surface area contributed by atoms with Gasteiger partial charge in [-0.05, 0) is 30.8 Å². The number of rotatable bonds is 7. The summed E-state index contributed by atoms with van der Waals surface area (Å²) in [5.41, 5.74) is 0.0595. The van der Waals surface area contributed by atoms with E-state index in [0.29, 0.717) is 23.8 Å². The van der Waals surface area contributed by atoms with Crippen molar-refractivity contribution in [3.8, 4) is 17.1 Å². The second kappa shape index (κ2) is 15.1. The van der Waals surface area contributed by atoms with E-state index in [1.165, 1.54) is 12.0 Å². The number of nitrogens with one attached hydrogen (secondary N) is 2. The lowest BCUT2D eigenvalue weighted by Crippen LogP contribution is -2.49. The Labute approximate surface area is 259 Å². The van der Waals surface area contributed by atoms with Crippen LogP contribution in [0.4, 0.5) is 8.78 Å². The standard InChI is InChI=1S/C31H38F2N6O4S/c1-19(2)27-29-36-28(20-9-6-5-7-10-20)37-39(29)15-14-38(31(42)26-22(32)17-21(43-3)18-23(26)33)13-8-11-25(40)34-24(12-16-44-4)30(41)35-27/h5-7,9-10,17-19,24,27H,8,11-16H2,1-4H3,(H,34,40)(H,35,41)/t24-,27+/m0/s1. The highest BCUT2D eigenvalue weighted by molar-refractivity contribution is 7.98. The fourth-order valence-electron chi connectivity index (χ4n) is 5.00. The van der Waals surface area contributed by atoms with Gasteiger partial charge < -0.3 is 20.3 Å². The molecule has 3 amide bonds. The molecular formula is C31H38F2N6O4S. The topological polar surface area (TPSA) is 118 Å². The molecule has 2 aromatic carbocycles. The largest absolute Gasteiger partial charge is 0.497 e. The average molecular weight is 629 g/mol. The monoisotopic (exact) mass is 628 g/mol. The fourth-order valence-corrected chi connectivity index (χ4v) is 5.47. The molecule has 2 atom stereocenters. The number of benzene rings is 2. The zero-order chi connectivity index (χ0) is 31.8. The second-order valence-electron chi connectivity index (χ2n) is 10.9. The van der Waals surface area contributed by atoms with Gasteiger partial charge in [-0.2, -0.15) is 16.9 Å². The zero-order valence-electron chi connectivity index (χ0n) is 25.3. The second-order valence-corrected chi connectivity index (χ2v) is 11.9. The summed E-state index contributed by atoms with van der Waals surface area (Å²) in [7, 11) is 1.28. The first-order chi connectivity index (χ1) is 21.1. The van der Waals surface area contributed by atoms with E-state index in [1.807, 2.05) is 50.4 Å². The van der Waals surface area contributed by atoms with Crippen molar-refractivity contribution in [2.45, 2.75) is 51.7 Å². The number of hydrogen-bond donors (Lipinski definition) is 2. The maximum absolute atomic E-state index is 15.0. The first kappa shape index (κ1) is 32.9. The number of amides is 3. The maximum Gasteiger partial charge on any atom is 0.259 e. The van der Waals surface area contributed by atoms with Crippen molar-refractivity contribution in [3.05, 3.63) is 65.5 Å². The third kappa shape index (κ3) is 7.93. The molecule has 4 rings (SSSR count). The molecule has 0 saturated carbocycles. The predicted molar refractivity (Wildman–Crippen MR) is 164 cm³/mol. The number of nitrogens with zero attached hydrogens (tertiary/aromatic N) is 4. The van der Waals surface area contributed by atoms with Gasteiger partial charge in [0, 0.05) is 37.2 Å². The first-order valence-electron chi connectivity index (χ1n) is 14.5. The molecule has 3 aromatic rings. The number of carbonyl (C=O) groups is 3. The Hall–Kier alpha value is -4.00. The summed E-state index contributed by atoms with van der Waals surface area (Å²) in [6.45, 7) is 4.07. The molecule has 236 valence electrons. The Kier molecular flexibility index (Phi) is 11.3. The normalized spacial score (nSPS) is 18.3. The van der Waals surface area contributed by atoms with E-state index in [2.05, 4.69) is 10.6 Å². The van der Waals surface area contributed by atoms with Gasteiger partial charge in [-0.3, -0.25) is 14.4 Å². The summed E-state index contributed by atoms with van der Waals surface area (Å²) in [5, 5.41) is 10.6. The van der Waals surface area contributed by atoms with Crippen LogP contribution in [0.15, 0.2) is 42.5 Å². The van der Waals surface area contributed by atoms with Crippen molar-refractivity contribution in [3.63, 3.8) is 0 Å².